The summed E-state index contributed by atoms with van der Waals surface area (Å²) in [6.45, 7) is 10.8. The van der Waals surface area contributed by atoms with Gasteiger partial charge in [-0.3, -0.25) is 4.98 Å². The van der Waals surface area contributed by atoms with Crippen molar-refractivity contribution in [3.05, 3.63) is 82.4 Å². The number of thiocarbonyl (C=S) groups is 1. The Labute approximate surface area is 203 Å². The summed E-state index contributed by atoms with van der Waals surface area (Å²) in [5, 5.41) is 4.41. The number of nitrogens with zero attached hydrogens (tertiary/aromatic N) is 4. The highest BCUT2D eigenvalue weighted by Crippen LogP contribution is 2.41. The van der Waals surface area contributed by atoms with E-state index in [1.807, 2.05) is 12.3 Å². The van der Waals surface area contributed by atoms with Gasteiger partial charge in [0.15, 0.2) is 5.11 Å². The standard InChI is InChI=1S/C27H35N5S/c1-18-11-9-13-24(20(18)3)32-19(2)17-22(21(32)4)26-25(23-12-7-8-14-28-23)29-27(33)31(26)16-10-15-30(5)6/h7-9,11-14,17,25-26H,10,15-16H2,1-6H3,(H,29,33)/t25-,26+/m0/s1. The van der Waals surface area contributed by atoms with E-state index < -0.39 is 0 Å². The van der Waals surface area contributed by atoms with Crippen LogP contribution in [0.5, 0.6) is 0 Å². The second-order valence-electron chi connectivity index (χ2n) is 9.36. The fraction of sp³-hybridized carbons (Fsp3) is 0.407. The molecule has 1 N–H and O–H groups in total. The highest BCUT2D eigenvalue weighted by Gasteiger charge is 2.41. The number of aromatic nitrogens is 2. The molecule has 3 heterocycles. The summed E-state index contributed by atoms with van der Waals surface area (Å²) in [5.41, 5.74) is 8.70. The topological polar surface area (TPSA) is 36.3 Å². The van der Waals surface area contributed by atoms with Crippen molar-refractivity contribution in [2.75, 3.05) is 27.2 Å². The van der Waals surface area contributed by atoms with Crippen LogP contribution in [0.4, 0.5) is 0 Å². The van der Waals surface area contributed by atoms with Gasteiger partial charge in [-0.15, -0.1) is 0 Å². The molecule has 33 heavy (non-hydrogen) atoms. The Balaban J connectivity index is 1.80. The van der Waals surface area contributed by atoms with E-state index in [1.165, 1.54) is 33.8 Å². The summed E-state index contributed by atoms with van der Waals surface area (Å²) in [5.74, 6) is 0. The smallest absolute Gasteiger partial charge is 0.170 e. The van der Waals surface area contributed by atoms with Gasteiger partial charge in [0.2, 0.25) is 0 Å². The molecule has 1 aliphatic heterocycles. The Hall–Kier alpha value is -2.70. The lowest BCUT2D eigenvalue weighted by atomic mass is 9.96. The molecule has 2 aromatic heterocycles. The number of benzene rings is 1. The third-order valence-electron chi connectivity index (χ3n) is 6.81. The van der Waals surface area contributed by atoms with Crippen molar-refractivity contribution in [2.24, 2.45) is 0 Å². The van der Waals surface area contributed by atoms with Crippen molar-refractivity contribution in [1.29, 1.82) is 0 Å². The Morgan fingerprint density at radius 2 is 1.85 bits per heavy atom. The maximum Gasteiger partial charge on any atom is 0.170 e. The largest absolute Gasteiger partial charge is 0.352 e. The van der Waals surface area contributed by atoms with E-state index in [2.05, 4.69) is 97.9 Å². The van der Waals surface area contributed by atoms with Crippen molar-refractivity contribution >= 4 is 17.3 Å². The first-order valence-corrected chi connectivity index (χ1v) is 12.1. The number of hydrogen-bond acceptors (Lipinski definition) is 3. The molecule has 1 fully saturated rings. The molecule has 3 aromatic rings. The molecule has 174 valence electrons. The predicted octanol–water partition coefficient (Wildman–Crippen LogP) is 5.03. The molecule has 0 spiro atoms. The van der Waals surface area contributed by atoms with E-state index in [4.69, 9.17) is 17.2 Å². The second kappa shape index (κ2) is 9.65. The van der Waals surface area contributed by atoms with Gasteiger partial charge >= 0.3 is 0 Å². The summed E-state index contributed by atoms with van der Waals surface area (Å²) >= 11 is 5.85. The zero-order valence-corrected chi connectivity index (χ0v) is 21.4. The first-order chi connectivity index (χ1) is 15.8. The Morgan fingerprint density at radius 3 is 2.55 bits per heavy atom. The van der Waals surface area contributed by atoms with Gasteiger partial charge in [-0.1, -0.05) is 18.2 Å². The van der Waals surface area contributed by atoms with E-state index in [0.717, 1.165) is 30.3 Å². The highest BCUT2D eigenvalue weighted by molar-refractivity contribution is 7.80. The highest BCUT2D eigenvalue weighted by atomic mass is 32.1. The van der Waals surface area contributed by atoms with Crippen LogP contribution >= 0.6 is 12.2 Å². The molecule has 0 saturated carbocycles. The monoisotopic (exact) mass is 461 g/mol. The molecule has 0 radical (unpaired) electrons. The van der Waals surface area contributed by atoms with Crippen LogP contribution in [0.1, 0.15) is 52.3 Å². The normalized spacial score (nSPS) is 18.3. The second-order valence-corrected chi connectivity index (χ2v) is 9.74. The summed E-state index contributed by atoms with van der Waals surface area (Å²) in [6.07, 6.45) is 2.92. The third-order valence-corrected chi connectivity index (χ3v) is 7.16. The lowest BCUT2D eigenvalue weighted by Crippen LogP contribution is -2.32. The van der Waals surface area contributed by atoms with Gasteiger partial charge in [-0.05, 0) is 108 Å². The van der Waals surface area contributed by atoms with Gasteiger partial charge in [-0.2, -0.15) is 0 Å². The lowest BCUT2D eigenvalue weighted by molar-refractivity contribution is 0.292. The van der Waals surface area contributed by atoms with Crippen molar-refractivity contribution < 1.29 is 0 Å². The molecule has 0 unspecified atom stereocenters. The first kappa shape index (κ1) is 23.5. The maximum absolute atomic E-state index is 5.85. The Bertz CT molecular complexity index is 1130. The fourth-order valence-corrected chi connectivity index (χ4v) is 5.31. The van der Waals surface area contributed by atoms with Crippen molar-refractivity contribution in [3.63, 3.8) is 0 Å². The number of rotatable bonds is 7. The number of hydrogen-bond donors (Lipinski definition) is 1. The summed E-state index contributed by atoms with van der Waals surface area (Å²) in [6, 6.07) is 15.1. The molecule has 1 aromatic carbocycles. The van der Waals surface area contributed by atoms with Crippen LogP contribution in [0, 0.1) is 27.7 Å². The predicted molar refractivity (Wildman–Crippen MR) is 140 cm³/mol. The molecular formula is C27H35N5S. The molecule has 0 amide bonds. The van der Waals surface area contributed by atoms with Crippen LogP contribution < -0.4 is 5.32 Å². The van der Waals surface area contributed by atoms with Gasteiger partial charge in [0.1, 0.15) is 0 Å². The van der Waals surface area contributed by atoms with Gasteiger partial charge in [0.05, 0.1) is 17.8 Å². The van der Waals surface area contributed by atoms with Crippen LogP contribution in [0.2, 0.25) is 0 Å². The van der Waals surface area contributed by atoms with Crippen molar-refractivity contribution in [3.8, 4) is 5.69 Å². The van der Waals surface area contributed by atoms with Gasteiger partial charge in [0.25, 0.3) is 0 Å². The number of pyridine rings is 1. The minimum Gasteiger partial charge on any atom is -0.352 e. The Kier molecular flexibility index (Phi) is 6.86. The molecule has 6 heteroatoms. The molecule has 2 atom stereocenters. The molecular weight excluding hydrogens is 426 g/mol. The van der Waals surface area contributed by atoms with Gasteiger partial charge in [-0.25, -0.2) is 0 Å². The molecule has 0 bridgehead atoms. The third kappa shape index (κ3) is 4.55. The minimum atomic E-state index is 0.0191. The van der Waals surface area contributed by atoms with Crippen LogP contribution in [-0.2, 0) is 0 Å². The SMILES string of the molecule is Cc1cccc(-n2c(C)cc([C@@H]3[C@H](c4ccccn4)NC(=S)N3CCCN(C)C)c2C)c1C. The van der Waals surface area contributed by atoms with Crippen LogP contribution in [0.25, 0.3) is 5.69 Å². The zero-order valence-electron chi connectivity index (χ0n) is 20.6. The van der Waals surface area contributed by atoms with Gasteiger partial charge < -0.3 is 19.7 Å². The van der Waals surface area contributed by atoms with E-state index in [0.29, 0.717) is 0 Å². The lowest BCUT2D eigenvalue weighted by Gasteiger charge is -2.28. The number of nitrogens with one attached hydrogen (secondary N) is 1. The van der Waals surface area contributed by atoms with Crippen LogP contribution in [0.15, 0.2) is 48.7 Å². The molecule has 4 rings (SSSR count). The van der Waals surface area contributed by atoms with Crippen molar-refractivity contribution in [1.82, 2.24) is 24.7 Å². The summed E-state index contributed by atoms with van der Waals surface area (Å²) in [7, 11) is 4.24. The van der Waals surface area contributed by atoms with Gasteiger partial charge in [0, 0.05) is 29.8 Å². The minimum absolute atomic E-state index is 0.0191. The molecule has 5 nitrogen and oxygen atoms in total. The quantitative estimate of drug-likeness (QED) is 0.500. The number of aryl methyl sites for hydroxylation is 2. The summed E-state index contributed by atoms with van der Waals surface area (Å²) in [4.78, 5) is 9.29. The Morgan fingerprint density at radius 1 is 1.06 bits per heavy atom. The zero-order chi connectivity index (χ0) is 23.7. The van der Waals surface area contributed by atoms with Crippen LogP contribution in [-0.4, -0.2) is 51.6 Å². The van der Waals surface area contributed by atoms with E-state index in [9.17, 15) is 0 Å². The maximum atomic E-state index is 5.85. The fourth-order valence-electron chi connectivity index (χ4n) is 4.98. The molecule has 1 saturated heterocycles. The molecule has 1 aliphatic rings. The average molecular weight is 462 g/mol. The van der Waals surface area contributed by atoms with Crippen LogP contribution in [0.3, 0.4) is 0 Å². The van der Waals surface area contributed by atoms with E-state index >= 15 is 0 Å². The van der Waals surface area contributed by atoms with Crippen molar-refractivity contribution in [2.45, 2.75) is 46.2 Å². The van der Waals surface area contributed by atoms with E-state index in [-0.39, 0.29) is 12.1 Å². The average Bonchev–Trinajstić information content (AvgIpc) is 3.26. The molecule has 0 aliphatic carbocycles. The summed E-state index contributed by atoms with van der Waals surface area (Å²) < 4.78 is 2.40. The first-order valence-electron chi connectivity index (χ1n) is 11.7. The van der Waals surface area contributed by atoms with E-state index in [1.54, 1.807) is 0 Å².